The minimum absolute atomic E-state index is 0.0292. The molecule has 1 amide bonds. The molecular weight excluding hydrogens is 459 g/mol. The zero-order chi connectivity index (χ0) is 22.6. The summed E-state index contributed by atoms with van der Waals surface area (Å²) in [6.45, 7) is 4.95. The van der Waals surface area contributed by atoms with Gasteiger partial charge in [-0.1, -0.05) is 6.92 Å². The second-order valence-corrected chi connectivity index (χ2v) is 10.7. The summed E-state index contributed by atoms with van der Waals surface area (Å²) in [6, 6.07) is 18.6. The van der Waals surface area contributed by atoms with Crippen LogP contribution in [0.15, 0.2) is 60.8 Å². The molecule has 0 spiro atoms. The van der Waals surface area contributed by atoms with Crippen molar-refractivity contribution in [2.24, 2.45) is 0 Å². The van der Waals surface area contributed by atoms with Gasteiger partial charge in [0.15, 0.2) is 0 Å². The summed E-state index contributed by atoms with van der Waals surface area (Å²) in [6.07, 6.45) is 16.2. The number of amides is 1. The number of carbonyl (C=O) groups excluding carboxylic acids is 1. The number of unbranched alkanes of at least 4 members (excludes halogenated alkanes) is 8. The van der Waals surface area contributed by atoms with Crippen molar-refractivity contribution in [2.75, 3.05) is 4.90 Å². The fraction of sp³-hybridized carbons (Fsp3) is 0.429. The van der Waals surface area contributed by atoms with E-state index < -0.39 is 0 Å². The third-order valence-electron chi connectivity index (χ3n) is 5.86. The number of aromatic nitrogens is 1. The van der Waals surface area contributed by atoms with Crippen molar-refractivity contribution in [2.45, 2.75) is 78.2 Å². The Labute approximate surface area is 199 Å². The second-order valence-electron chi connectivity index (χ2n) is 8.43. The Morgan fingerprint density at radius 2 is 1.50 bits per heavy atom. The van der Waals surface area contributed by atoms with E-state index in [9.17, 15) is 4.79 Å². The van der Waals surface area contributed by atoms with Gasteiger partial charge < -0.3 is 0 Å². The molecule has 1 heterocycles. The number of aryl methyl sites for hydroxylation is 1. The Morgan fingerprint density at radius 3 is 2.19 bits per heavy atom. The molecule has 0 saturated heterocycles. The first-order valence-corrected chi connectivity index (χ1v) is 13.9. The van der Waals surface area contributed by atoms with Gasteiger partial charge in [0.05, 0.1) is 0 Å². The molecule has 0 radical (unpaired) electrons. The maximum atomic E-state index is 12.3. The van der Waals surface area contributed by atoms with E-state index in [1.807, 2.05) is 36.5 Å². The Balaban J connectivity index is 1.65. The normalized spacial score (nSPS) is 11.4. The molecule has 0 aliphatic carbocycles. The van der Waals surface area contributed by atoms with Crippen LogP contribution in [0.3, 0.4) is 0 Å². The van der Waals surface area contributed by atoms with E-state index in [4.69, 9.17) is 0 Å². The number of nitrogens with zero attached hydrogens (tertiary/aromatic N) is 2. The first kappa shape index (κ1) is 24.5. The van der Waals surface area contributed by atoms with Crippen LogP contribution in [0.4, 0.5) is 5.69 Å². The Bertz CT molecular complexity index is 993. The standard InChI is InChI=1S/C28H37N2OSe/c1-3-4-5-6-7-8-9-10-16-22-30-26-19-14-15-20-27(26)32-28(30)21-23-29(24(2)31)25-17-12-11-13-18-25/h11-15,17-21,23H,3-10,16,22H2,1-2H3/q+1. The van der Waals surface area contributed by atoms with E-state index in [2.05, 4.69) is 41.8 Å². The zero-order valence-corrected chi connectivity index (χ0v) is 21.3. The van der Waals surface area contributed by atoms with Gasteiger partial charge in [0.25, 0.3) is 0 Å². The summed E-state index contributed by atoms with van der Waals surface area (Å²) in [4.78, 5) is 14.0. The summed E-state index contributed by atoms with van der Waals surface area (Å²) < 4.78 is 5.25. The average molecular weight is 497 g/mol. The van der Waals surface area contributed by atoms with Crippen LogP contribution in [0.1, 0.15) is 76.2 Å². The van der Waals surface area contributed by atoms with Crippen LogP contribution < -0.4 is 9.47 Å². The first-order valence-electron chi connectivity index (χ1n) is 12.1. The van der Waals surface area contributed by atoms with Crippen LogP contribution >= 0.6 is 0 Å². The van der Waals surface area contributed by atoms with Gasteiger partial charge in [0, 0.05) is 0 Å². The van der Waals surface area contributed by atoms with Crippen molar-refractivity contribution >= 4 is 42.0 Å². The molecule has 0 saturated carbocycles. The van der Waals surface area contributed by atoms with Gasteiger partial charge in [-0.2, -0.15) is 0 Å². The van der Waals surface area contributed by atoms with E-state index in [-0.39, 0.29) is 20.4 Å². The van der Waals surface area contributed by atoms with E-state index in [1.54, 1.807) is 11.8 Å². The SMILES string of the molecule is CCCCCCCCCCC[n+]1c(/C=C/N(C(C)=O)c2ccccc2)[se]c2ccccc21. The Kier molecular flexibility index (Phi) is 10.3. The van der Waals surface area contributed by atoms with Crippen LogP contribution in [0, 0.1) is 0 Å². The number of benzene rings is 2. The summed E-state index contributed by atoms with van der Waals surface area (Å²) in [7, 11) is 0. The number of fused-ring (bicyclic) bond motifs is 1. The van der Waals surface area contributed by atoms with Crippen molar-refractivity contribution < 1.29 is 9.36 Å². The molecule has 3 rings (SSSR count). The zero-order valence-electron chi connectivity index (χ0n) is 19.6. The first-order chi connectivity index (χ1) is 15.7. The molecule has 32 heavy (non-hydrogen) atoms. The fourth-order valence-corrected chi connectivity index (χ4v) is 6.36. The molecule has 170 valence electrons. The molecule has 4 heteroatoms. The number of rotatable bonds is 13. The predicted molar refractivity (Wildman–Crippen MR) is 137 cm³/mol. The Morgan fingerprint density at radius 1 is 0.875 bits per heavy atom. The molecule has 0 fully saturated rings. The number of anilines is 1. The molecule has 1 aromatic heterocycles. The molecule has 0 atom stereocenters. The van der Waals surface area contributed by atoms with Gasteiger partial charge in [-0.3, -0.25) is 0 Å². The molecule has 0 aliphatic rings. The summed E-state index contributed by atoms with van der Waals surface area (Å²) >= 11 is 0.269. The third-order valence-corrected chi connectivity index (χ3v) is 8.23. The van der Waals surface area contributed by atoms with E-state index >= 15 is 0 Å². The molecule has 3 nitrogen and oxygen atoms in total. The third kappa shape index (κ3) is 7.18. The quantitative estimate of drug-likeness (QED) is 0.146. The summed E-state index contributed by atoms with van der Waals surface area (Å²) in [5.74, 6) is 0.0292. The van der Waals surface area contributed by atoms with Crippen molar-refractivity contribution in [3.63, 3.8) is 0 Å². The van der Waals surface area contributed by atoms with Crippen LogP contribution in [0.2, 0.25) is 0 Å². The van der Waals surface area contributed by atoms with Crippen LogP contribution in [0.25, 0.3) is 15.9 Å². The summed E-state index contributed by atoms with van der Waals surface area (Å²) in [5.41, 5.74) is 2.26. The second kappa shape index (κ2) is 13.4. The Hall–Kier alpha value is -2.16. The minimum atomic E-state index is 0.0292. The topological polar surface area (TPSA) is 24.2 Å². The molecule has 2 aromatic carbocycles. The van der Waals surface area contributed by atoms with Gasteiger partial charge >= 0.3 is 193 Å². The number of para-hydroxylation sites is 2. The van der Waals surface area contributed by atoms with Crippen LogP contribution in [-0.2, 0) is 11.3 Å². The van der Waals surface area contributed by atoms with E-state index in [1.165, 1.54) is 72.1 Å². The maximum absolute atomic E-state index is 12.3. The van der Waals surface area contributed by atoms with Crippen molar-refractivity contribution in [1.82, 2.24) is 0 Å². The van der Waals surface area contributed by atoms with Crippen LogP contribution in [-0.4, -0.2) is 20.4 Å². The van der Waals surface area contributed by atoms with E-state index in [0.717, 1.165) is 12.2 Å². The number of hydrogen-bond donors (Lipinski definition) is 0. The molecule has 0 bridgehead atoms. The van der Waals surface area contributed by atoms with Gasteiger partial charge in [0.2, 0.25) is 0 Å². The monoisotopic (exact) mass is 497 g/mol. The van der Waals surface area contributed by atoms with E-state index in [0.29, 0.717) is 0 Å². The number of hydrogen-bond acceptors (Lipinski definition) is 1. The number of carbonyl (C=O) groups is 1. The van der Waals surface area contributed by atoms with Crippen molar-refractivity contribution in [3.05, 3.63) is 65.4 Å². The average Bonchev–Trinajstić information content (AvgIpc) is 3.16. The van der Waals surface area contributed by atoms with Gasteiger partial charge in [-0.05, 0) is 0 Å². The molecular formula is C28H37N2OSe+. The summed E-state index contributed by atoms with van der Waals surface area (Å²) in [5, 5.41) is 0. The van der Waals surface area contributed by atoms with Crippen LogP contribution in [0.5, 0.6) is 0 Å². The molecule has 0 N–H and O–H groups in total. The molecule has 0 unspecified atom stereocenters. The predicted octanol–water partition coefficient (Wildman–Crippen LogP) is 6.74. The molecule has 0 aliphatic heterocycles. The fourth-order valence-electron chi connectivity index (χ4n) is 4.09. The van der Waals surface area contributed by atoms with Crippen molar-refractivity contribution in [3.8, 4) is 0 Å². The molecule has 3 aromatic rings. The van der Waals surface area contributed by atoms with Crippen molar-refractivity contribution in [1.29, 1.82) is 0 Å². The van der Waals surface area contributed by atoms with Gasteiger partial charge in [0.1, 0.15) is 0 Å². The van der Waals surface area contributed by atoms with Gasteiger partial charge in [-0.15, -0.1) is 0 Å². The van der Waals surface area contributed by atoms with Gasteiger partial charge in [-0.25, -0.2) is 0 Å².